The van der Waals surface area contributed by atoms with E-state index in [4.69, 9.17) is 42.6 Å². The fourth-order valence-corrected chi connectivity index (χ4v) is 9.17. The molecule has 0 saturated carbocycles. The number of thioether (sulfide) groups is 1. The highest BCUT2D eigenvalue weighted by Gasteiger charge is 2.58. The maximum atomic E-state index is 14.4. The van der Waals surface area contributed by atoms with Gasteiger partial charge >= 0.3 is 17.9 Å². The first-order valence-corrected chi connectivity index (χ1v) is 22.5. The van der Waals surface area contributed by atoms with Crippen molar-refractivity contribution < 1.29 is 66.6 Å². The lowest BCUT2D eigenvalue weighted by Crippen LogP contribution is -2.68. The molecule has 16 heteroatoms. The van der Waals surface area contributed by atoms with Crippen LogP contribution >= 0.6 is 11.8 Å². The van der Waals surface area contributed by atoms with Gasteiger partial charge in [0, 0.05) is 20.8 Å². The van der Waals surface area contributed by atoms with Crippen LogP contribution in [-0.4, -0.2) is 114 Å². The maximum Gasteiger partial charge on any atom is 0.303 e. The number of rotatable bonds is 19. The van der Waals surface area contributed by atoms with E-state index in [1.54, 1.807) is 24.3 Å². The van der Waals surface area contributed by atoms with Crippen LogP contribution in [0.15, 0.2) is 115 Å². The highest BCUT2D eigenvalue weighted by atomic mass is 32.2. The summed E-state index contributed by atoms with van der Waals surface area (Å²) < 4.78 is 57.5. The van der Waals surface area contributed by atoms with E-state index in [2.05, 4.69) is 0 Å². The molecule has 15 nitrogen and oxygen atoms in total. The van der Waals surface area contributed by atoms with Crippen LogP contribution in [0.2, 0.25) is 0 Å². The summed E-state index contributed by atoms with van der Waals surface area (Å²) in [6.07, 6.45) is -10.0. The van der Waals surface area contributed by atoms with E-state index in [0.29, 0.717) is 5.75 Å². The first-order valence-electron chi connectivity index (χ1n) is 21.5. The normalized spacial score (nSPS) is 26.3. The molecule has 3 aliphatic heterocycles. The molecule has 7 rings (SSSR count). The van der Waals surface area contributed by atoms with Gasteiger partial charge in [0.1, 0.15) is 48.6 Å². The van der Waals surface area contributed by atoms with Crippen molar-refractivity contribution in [3.63, 3.8) is 0 Å². The minimum Gasteiger partial charge on any atom is -0.463 e. The third-order valence-electron chi connectivity index (χ3n) is 11.0. The van der Waals surface area contributed by atoms with E-state index >= 15 is 0 Å². The first kappa shape index (κ1) is 47.5. The molecule has 344 valence electrons. The molecule has 0 aliphatic carbocycles. The maximum absolute atomic E-state index is 14.4. The molecule has 0 spiro atoms. The second-order valence-corrected chi connectivity index (χ2v) is 17.0. The predicted molar refractivity (Wildman–Crippen MR) is 235 cm³/mol. The Morgan fingerprint density at radius 1 is 0.569 bits per heavy atom. The van der Waals surface area contributed by atoms with Crippen molar-refractivity contribution in [1.82, 2.24) is 4.90 Å². The zero-order valence-electron chi connectivity index (χ0n) is 36.6. The summed E-state index contributed by atoms with van der Waals surface area (Å²) in [4.78, 5) is 68.0. The Morgan fingerprint density at radius 3 is 1.58 bits per heavy atom. The molecule has 65 heavy (non-hydrogen) atoms. The average molecular weight is 912 g/mol. The van der Waals surface area contributed by atoms with E-state index in [1.807, 2.05) is 97.9 Å². The minimum absolute atomic E-state index is 0.0168. The molecule has 4 aromatic carbocycles. The Labute approximate surface area is 381 Å². The number of nitrogens with zero attached hydrogens (tertiary/aromatic N) is 1. The number of carbonyl (C=O) groups is 5. The molecule has 3 aliphatic rings. The van der Waals surface area contributed by atoms with Crippen LogP contribution in [-0.2, 0) is 76.8 Å². The summed E-state index contributed by atoms with van der Waals surface area (Å²) in [6.45, 7) is 5.32. The number of amides is 2. The van der Waals surface area contributed by atoms with Crippen LogP contribution in [0.5, 0.6) is 0 Å². The lowest BCUT2D eigenvalue weighted by molar-refractivity contribution is -0.344. The zero-order valence-corrected chi connectivity index (χ0v) is 37.4. The molecule has 10 atom stereocenters. The average Bonchev–Trinajstić information content (AvgIpc) is 3.55. The van der Waals surface area contributed by atoms with Gasteiger partial charge in [-0.25, -0.2) is 0 Å². The summed E-state index contributed by atoms with van der Waals surface area (Å²) in [7, 11) is 0. The summed E-state index contributed by atoms with van der Waals surface area (Å²) in [5.41, 5.74) is 2.08. The molecule has 0 N–H and O–H groups in total. The van der Waals surface area contributed by atoms with Crippen LogP contribution in [0, 0.1) is 0 Å². The second kappa shape index (κ2) is 22.6. The number of hydrogen-bond donors (Lipinski definition) is 0. The van der Waals surface area contributed by atoms with E-state index in [1.165, 1.54) is 37.4 Å². The Hall–Kier alpha value is -5.46. The Morgan fingerprint density at radius 2 is 1.06 bits per heavy atom. The number of esters is 3. The van der Waals surface area contributed by atoms with Gasteiger partial charge in [0.15, 0.2) is 18.5 Å². The van der Waals surface area contributed by atoms with E-state index in [-0.39, 0.29) is 37.6 Å². The van der Waals surface area contributed by atoms with Gasteiger partial charge in [-0.2, -0.15) is 0 Å². The van der Waals surface area contributed by atoms with Gasteiger partial charge in [0.05, 0.1) is 37.6 Å². The molecule has 2 saturated heterocycles. The van der Waals surface area contributed by atoms with Crippen molar-refractivity contribution in [2.75, 3.05) is 19.0 Å². The van der Waals surface area contributed by atoms with Crippen molar-refractivity contribution in [2.45, 2.75) is 108 Å². The van der Waals surface area contributed by atoms with E-state index in [0.717, 1.165) is 16.7 Å². The third kappa shape index (κ3) is 11.9. The van der Waals surface area contributed by atoms with Gasteiger partial charge in [0.25, 0.3) is 11.8 Å². The predicted octanol–water partition coefficient (Wildman–Crippen LogP) is 6.05. The summed E-state index contributed by atoms with van der Waals surface area (Å²) in [5, 5.41) is 0. The third-order valence-corrected chi connectivity index (χ3v) is 12.0. The number of benzene rings is 4. The quantitative estimate of drug-likeness (QED) is 0.0604. The van der Waals surface area contributed by atoms with Crippen molar-refractivity contribution in [3.05, 3.63) is 143 Å². The molecule has 0 radical (unpaired) electrons. The summed E-state index contributed by atoms with van der Waals surface area (Å²) >= 11 is 1.39. The highest BCUT2D eigenvalue weighted by molar-refractivity contribution is 7.99. The number of hydrogen-bond acceptors (Lipinski definition) is 15. The smallest absolute Gasteiger partial charge is 0.303 e. The van der Waals surface area contributed by atoms with E-state index < -0.39 is 96.8 Å². The molecule has 2 fully saturated rings. The number of fused-ring (bicyclic) bond motifs is 1. The largest absolute Gasteiger partial charge is 0.463 e. The van der Waals surface area contributed by atoms with E-state index in [9.17, 15) is 24.0 Å². The molecule has 0 bridgehead atoms. The van der Waals surface area contributed by atoms with Crippen molar-refractivity contribution in [1.29, 1.82) is 0 Å². The van der Waals surface area contributed by atoms with Gasteiger partial charge in [-0.15, -0.1) is 11.8 Å². The molecule has 4 aromatic rings. The standard InChI is InChI=1S/C49H53NO14S/c1-5-65-49-40(50-46(54)36-23-15-16-24-37(36)47(50)55)43(58-26-34-19-11-7-12-20-34)41(38(63-49)28-56-25-33-17-9-6-10-18-33)64-48-45(61-32(4)53)44(59-27-35-21-13-8-14-22-35)42(60-31(3)52)39(62-48)29-57-30(2)51/h6-24,38-45,48-49H,5,25-29H2,1-4H3/t38-,39-,40-,41-,42-,43-,44+,45-,48+,49+/m1/s1. The molecule has 3 heterocycles. The zero-order chi connectivity index (χ0) is 45.9. The van der Waals surface area contributed by atoms with Gasteiger partial charge in [-0.1, -0.05) is 110 Å². The molecule has 0 unspecified atom stereocenters. The molecule has 2 amide bonds. The van der Waals surface area contributed by atoms with Crippen LogP contribution in [0.1, 0.15) is 65.1 Å². The van der Waals surface area contributed by atoms with Crippen molar-refractivity contribution >= 4 is 41.5 Å². The number of ether oxygens (including phenoxy) is 9. The Balaban J connectivity index is 1.33. The van der Waals surface area contributed by atoms with Gasteiger partial charge < -0.3 is 42.6 Å². The lowest BCUT2D eigenvalue weighted by Gasteiger charge is -2.51. The molecule has 0 aromatic heterocycles. The Bertz CT molecular complexity index is 2200. The SMILES string of the molecule is CCS[C@@H]1O[C@H](COCc2ccccc2)[C@@H](O[C@@H]2O[C@H](COC(C)=O)[C@@H](OC(C)=O)[C@H](OCc3ccccc3)[C@H]2OC(C)=O)[C@H](OCc2ccccc2)[C@H]1N1C(=O)c2ccccc2C1=O. The number of carbonyl (C=O) groups excluding carboxylic acids is 5. The monoisotopic (exact) mass is 911 g/mol. The summed E-state index contributed by atoms with van der Waals surface area (Å²) in [6, 6.07) is 33.6. The van der Waals surface area contributed by atoms with Crippen LogP contribution in [0.3, 0.4) is 0 Å². The Kier molecular flexibility index (Phi) is 16.5. The highest BCUT2D eigenvalue weighted by Crippen LogP contribution is 2.41. The van der Waals surface area contributed by atoms with Gasteiger partial charge in [-0.3, -0.25) is 28.9 Å². The summed E-state index contributed by atoms with van der Waals surface area (Å²) in [5.74, 6) is -2.59. The van der Waals surface area contributed by atoms with Crippen LogP contribution < -0.4 is 0 Å². The minimum atomic E-state index is -1.54. The van der Waals surface area contributed by atoms with Gasteiger partial charge in [0.2, 0.25) is 0 Å². The lowest BCUT2D eigenvalue weighted by atomic mass is 9.94. The topological polar surface area (TPSA) is 172 Å². The van der Waals surface area contributed by atoms with Crippen LogP contribution in [0.25, 0.3) is 0 Å². The van der Waals surface area contributed by atoms with Crippen molar-refractivity contribution in [3.8, 4) is 0 Å². The first-order chi connectivity index (χ1) is 31.5. The number of imide groups is 1. The fraction of sp³-hybridized carbons (Fsp3) is 0.408. The van der Waals surface area contributed by atoms with Crippen molar-refractivity contribution in [2.24, 2.45) is 0 Å². The van der Waals surface area contributed by atoms with Gasteiger partial charge in [-0.05, 0) is 34.6 Å². The van der Waals surface area contributed by atoms with Crippen LogP contribution in [0.4, 0.5) is 0 Å². The molecular weight excluding hydrogens is 859 g/mol. The molecular formula is C49H53NO14S. The fourth-order valence-electron chi connectivity index (χ4n) is 8.15. The second-order valence-electron chi connectivity index (χ2n) is 15.6.